The molecule has 0 spiro atoms. The van der Waals surface area contributed by atoms with Gasteiger partial charge in [-0.2, -0.15) is 0 Å². The lowest BCUT2D eigenvalue weighted by molar-refractivity contribution is -0.143. The number of carbonyl (C=O) groups excluding carboxylic acids is 2. The molecule has 1 amide bonds. The van der Waals surface area contributed by atoms with Crippen LogP contribution in [0.1, 0.15) is 71.2 Å². The summed E-state index contributed by atoms with van der Waals surface area (Å²) in [6, 6.07) is 6.94. The van der Waals surface area contributed by atoms with Gasteiger partial charge in [0.05, 0.1) is 6.61 Å². The van der Waals surface area contributed by atoms with Crippen LogP contribution in [0.15, 0.2) is 24.3 Å². The molecule has 0 unspecified atom stereocenters. The topological polar surface area (TPSA) is 46.6 Å². The number of nitrogens with zero attached hydrogens (tertiary/aromatic N) is 1. The van der Waals surface area contributed by atoms with Crippen molar-refractivity contribution in [2.75, 3.05) is 13.2 Å². The van der Waals surface area contributed by atoms with Crippen LogP contribution in [0.25, 0.3) is 0 Å². The van der Waals surface area contributed by atoms with Gasteiger partial charge in [0.1, 0.15) is 0 Å². The first-order valence-electron chi connectivity index (χ1n) is 9.19. The molecule has 0 saturated carbocycles. The minimum atomic E-state index is -0.344. The van der Waals surface area contributed by atoms with Gasteiger partial charge in [-0.15, -0.1) is 0 Å². The number of hydrogen-bond acceptors (Lipinski definition) is 3. The van der Waals surface area contributed by atoms with Crippen molar-refractivity contribution in [1.82, 2.24) is 4.90 Å². The van der Waals surface area contributed by atoms with E-state index in [0.29, 0.717) is 36.6 Å². The smallest absolute Gasteiger partial charge is 0.305 e. The van der Waals surface area contributed by atoms with Crippen LogP contribution in [0.3, 0.4) is 0 Å². The third-order valence-electron chi connectivity index (χ3n) is 4.10. The van der Waals surface area contributed by atoms with Crippen molar-refractivity contribution >= 4 is 23.5 Å². The molecule has 0 bridgehead atoms. The Hall–Kier alpha value is -1.55. The maximum atomic E-state index is 13.2. The van der Waals surface area contributed by atoms with Crippen LogP contribution in [0.5, 0.6) is 0 Å². The Morgan fingerprint density at radius 1 is 1.08 bits per heavy atom. The molecule has 5 heteroatoms. The van der Waals surface area contributed by atoms with Gasteiger partial charge in [0.25, 0.3) is 5.91 Å². The van der Waals surface area contributed by atoms with E-state index in [0.717, 1.165) is 6.42 Å². The SMILES string of the molecule is CCOC(=O)CCCN(C(=O)c1ccc(Cl)cc1)C(C)(C)CC(C)(C)C. The largest absolute Gasteiger partial charge is 0.466 e. The molecule has 0 heterocycles. The normalized spacial score (nSPS) is 12.0. The summed E-state index contributed by atoms with van der Waals surface area (Å²) in [6.07, 6.45) is 1.73. The van der Waals surface area contributed by atoms with Gasteiger partial charge in [0, 0.05) is 29.1 Å². The van der Waals surface area contributed by atoms with Crippen LogP contribution in [-0.2, 0) is 9.53 Å². The van der Waals surface area contributed by atoms with E-state index in [9.17, 15) is 9.59 Å². The fourth-order valence-electron chi connectivity index (χ4n) is 3.44. The van der Waals surface area contributed by atoms with Gasteiger partial charge < -0.3 is 9.64 Å². The van der Waals surface area contributed by atoms with Crippen molar-refractivity contribution in [3.8, 4) is 0 Å². The van der Waals surface area contributed by atoms with Crippen LogP contribution < -0.4 is 0 Å². The summed E-state index contributed by atoms with van der Waals surface area (Å²) in [7, 11) is 0. The average Bonchev–Trinajstić information content (AvgIpc) is 2.49. The van der Waals surface area contributed by atoms with Crippen LogP contribution in [0.2, 0.25) is 5.02 Å². The number of hydrogen-bond donors (Lipinski definition) is 0. The first-order chi connectivity index (χ1) is 12.0. The quantitative estimate of drug-likeness (QED) is 0.571. The second kappa shape index (κ2) is 9.40. The molecule has 0 aliphatic heterocycles. The lowest BCUT2D eigenvalue weighted by Gasteiger charge is -2.42. The predicted molar refractivity (Wildman–Crippen MR) is 107 cm³/mol. The fraction of sp³-hybridized carbons (Fsp3) is 0.619. The second-order valence-electron chi connectivity index (χ2n) is 8.42. The van der Waals surface area contributed by atoms with Gasteiger partial charge in [0.15, 0.2) is 0 Å². The lowest BCUT2D eigenvalue weighted by atomic mass is 9.80. The molecule has 0 fully saturated rings. The number of halogens is 1. The van der Waals surface area contributed by atoms with Crippen LogP contribution in [0, 0.1) is 5.41 Å². The molecule has 0 aliphatic rings. The van der Waals surface area contributed by atoms with E-state index in [1.165, 1.54) is 0 Å². The molecule has 146 valence electrons. The highest BCUT2D eigenvalue weighted by molar-refractivity contribution is 6.30. The van der Waals surface area contributed by atoms with Gasteiger partial charge in [-0.05, 0) is 63.3 Å². The van der Waals surface area contributed by atoms with E-state index < -0.39 is 0 Å². The second-order valence-corrected chi connectivity index (χ2v) is 8.86. The van der Waals surface area contributed by atoms with Crippen molar-refractivity contribution in [3.63, 3.8) is 0 Å². The molecule has 0 saturated heterocycles. The highest BCUT2D eigenvalue weighted by Crippen LogP contribution is 2.32. The van der Waals surface area contributed by atoms with E-state index in [4.69, 9.17) is 16.3 Å². The molecule has 0 atom stereocenters. The van der Waals surface area contributed by atoms with E-state index >= 15 is 0 Å². The molecule has 26 heavy (non-hydrogen) atoms. The molecule has 4 nitrogen and oxygen atoms in total. The summed E-state index contributed by atoms with van der Waals surface area (Å²) in [4.78, 5) is 26.7. The van der Waals surface area contributed by atoms with Crippen LogP contribution >= 0.6 is 11.6 Å². The lowest BCUT2D eigenvalue weighted by Crippen LogP contribution is -2.50. The monoisotopic (exact) mass is 381 g/mol. The summed E-state index contributed by atoms with van der Waals surface area (Å²) in [5.74, 6) is -0.264. The van der Waals surface area contributed by atoms with Crippen LogP contribution in [-0.4, -0.2) is 35.5 Å². The zero-order chi connectivity index (χ0) is 20.0. The standard InChI is InChI=1S/C21H32ClNO3/c1-7-26-18(24)9-8-14-23(21(5,6)15-20(2,3)4)19(25)16-10-12-17(22)13-11-16/h10-13H,7-9,14-15H2,1-6H3. The van der Waals surface area contributed by atoms with E-state index in [-0.39, 0.29) is 22.8 Å². The van der Waals surface area contributed by atoms with Gasteiger partial charge in [-0.3, -0.25) is 9.59 Å². The zero-order valence-corrected chi connectivity index (χ0v) is 17.7. The number of benzene rings is 1. The maximum Gasteiger partial charge on any atom is 0.305 e. The Morgan fingerprint density at radius 2 is 1.65 bits per heavy atom. The summed E-state index contributed by atoms with van der Waals surface area (Å²) in [5.41, 5.74) is 0.333. The highest BCUT2D eigenvalue weighted by atomic mass is 35.5. The van der Waals surface area contributed by atoms with E-state index in [1.54, 1.807) is 31.2 Å². The van der Waals surface area contributed by atoms with Crippen molar-refractivity contribution in [2.24, 2.45) is 5.41 Å². The Bertz CT molecular complexity index is 603. The average molecular weight is 382 g/mol. The van der Waals surface area contributed by atoms with Gasteiger partial charge >= 0.3 is 5.97 Å². The van der Waals surface area contributed by atoms with Gasteiger partial charge in [-0.25, -0.2) is 0 Å². The minimum absolute atomic E-state index is 0.0419. The molecular formula is C21H32ClNO3. The van der Waals surface area contributed by atoms with Crippen LogP contribution in [0.4, 0.5) is 0 Å². The molecule has 0 aromatic heterocycles. The number of carbonyl (C=O) groups is 2. The Labute approximate surface area is 162 Å². The summed E-state index contributed by atoms with van der Waals surface area (Å²) < 4.78 is 4.99. The van der Waals surface area contributed by atoms with Crippen molar-refractivity contribution in [3.05, 3.63) is 34.9 Å². The zero-order valence-electron chi connectivity index (χ0n) is 16.9. The molecule has 0 radical (unpaired) electrons. The summed E-state index contributed by atoms with van der Waals surface area (Å²) in [6.45, 7) is 13.3. The van der Waals surface area contributed by atoms with Gasteiger partial charge in [-0.1, -0.05) is 32.4 Å². The third-order valence-corrected chi connectivity index (χ3v) is 4.35. The minimum Gasteiger partial charge on any atom is -0.466 e. The predicted octanol–water partition coefficient (Wildman–Crippen LogP) is 5.34. The molecule has 1 aromatic rings. The summed E-state index contributed by atoms with van der Waals surface area (Å²) >= 11 is 5.94. The first-order valence-corrected chi connectivity index (χ1v) is 9.57. The Kier molecular flexibility index (Phi) is 8.14. The van der Waals surface area contributed by atoms with Crippen molar-refractivity contribution in [1.29, 1.82) is 0 Å². The Morgan fingerprint density at radius 3 is 2.15 bits per heavy atom. The third kappa shape index (κ3) is 7.36. The number of esters is 1. The molecular weight excluding hydrogens is 350 g/mol. The van der Waals surface area contributed by atoms with E-state index in [1.807, 2.05) is 4.90 Å². The molecule has 0 N–H and O–H groups in total. The number of ether oxygens (including phenoxy) is 1. The highest BCUT2D eigenvalue weighted by Gasteiger charge is 2.34. The maximum absolute atomic E-state index is 13.2. The summed E-state index contributed by atoms with van der Waals surface area (Å²) in [5, 5.41) is 0.601. The van der Waals surface area contributed by atoms with Crippen molar-refractivity contribution in [2.45, 2.75) is 66.3 Å². The van der Waals surface area contributed by atoms with Crippen molar-refractivity contribution < 1.29 is 14.3 Å². The molecule has 1 aromatic carbocycles. The molecule has 1 rings (SSSR count). The van der Waals surface area contributed by atoms with Gasteiger partial charge in [0.2, 0.25) is 0 Å². The number of amides is 1. The molecule has 0 aliphatic carbocycles. The number of rotatable bonds is 8. The first kappa shape index (κ1) is 22.5. The van der Waals surface area contributed by atoms with E-state index in [2.05, 4.69) is 34.6 Å². The Balaban J connectivity index is 2.98. The fourth-order valence-corrected chi connectivity index (χ4v) is 3.56.